The van der Waals surface area contributed by atoms with Crippen molar-refractivity contribution >= 4 is 16.6 Å². The Morgan fingerprint density at radius 2 is 1.86 bits per heavy atom. The van der Waals surface area contributed by atoms with Crippen molar-refractivity contribution in [1.29, 1.82) is 0 Å². The molecule has 1 N–H and O–H groups in total. The molecule has 0 aliphatic carbocycles. The molecule has 0 saturated heterocycles. The third-order valence-electron chi connectivity index (χ3n) is 3.72. The summed E-state index contributed by atoms with van der Waals surface area (Å²) in [5.41, 5.74) is 3.53. The van der Waals surface area contributed by atoms with Gasteiger partial charge >= 0.3 is 0 Å². The maximum atomic E-state index is 4.37. The fourth-order valence-corrected chi connectivity index (χ4v) is 2.66. The van der Waals surface area contributed by atoms with E-state index in [0.717, 1.165) is 24.0 Å². The van der Waals surface area contributed by atoms with E-state index in [9.17, 15) is 0 Å². The summed E-state index contributed by atoms with van der Waals surface area (Å²) in [5, 5.41) is 4.83. The predicted octanol–water partition coefficient (Wildman–Crippen LogP) is 5.19. The van der Waals surface area contributed by atoms with E-state index in [-0.39, 0.29) is 0 Å². The zero-order valence-corrected chi connectivity index (χ0v) is 12.3. The average Bonchev–Trinajstić information content (AvgIpc) is 2.55. The smallest absolute Gasteiger partial charge is 0.0703 e. The first kappa shape index (κ1) is 13.6. The highest BCUT2D eigenvalue weighted by molar-refractivity contribution is 5.82. The van der Waals surface area contributed by atoms with Gasteiger partial charge in [-0.1, -0.05) is 49.7 Å². The second kappa shape index (κ2) is 6.40. The summed E-state index contributed by atoms with van der Waals surface area (Å²) in [5.74, 6) is 0. The molecule has 0 aliphatic heterocycles. The summed E-state index contributed by atoms with van der Waals surface area (Å²) < 4.78 is 0. The summed E-state index contributed by atoms with van der Waals surface area (Å²) in [6.45, 7) is 2.22. The number of fused-ring (bicyclic) bond motifs is 1. The Morgan fingerprint density at radius 3 is 2.67 bits per heavy atom. The lowest BCUT2D eigenvalue weighted by molar-refractivity contribution is 0.678. The molecule has 0 amide bonds. The van der Waals surface area contributed by atoms with Crippen molar-refractivity contribution in [2.24, 2.45) is 0 Å². The highest BCUT2D eigenvalue weighted by Crippen LogP contribution is 2.25. The second-order valence-corrected chi connectivity index (χ2v) is 5.31. The molecular formula is C19H20N2. The maximum absolute atomic E-state index is 4.37. The lowest BCUT2D eigenvalue weighted by Gasteiger charge is -2.20. The number of nitrogens with one attached hydrogen (secondary N) is 1. The molecule has 0 spiro atoms. The molecule has 106 valence electrons. The lowest BCUT2D eigenvalue weighted by Crippen LogP contribution is -2.10. The molecule has 1 unspecified atom stereocenters. The first-order valence-electron chi connectivity index (χ1n) is 7.53. The van der Waals surface area contributed by atoms with Gasteiger partial charge in [-0.2, -0.15) is 0 Å². The minimum atomic E-state index is 0.352. The van der Waals surface area contributed by atoms with Gasteiger partial charge in [0.15, 0.2) is 0 Å². The molecular weight excluding hydrogens is 256 g/mol. The van der Waals surface area contributed by atoms with Crippen LogP contribution in [0, 0.1) is 0 Å². The molecule has 2 nitrogen and oxygen atoms in total. The second-order valence-electron chi connectivity index (χ2n) is 5.31. The average molecular weight is 276 g/mol. The van der Waals surface area contributed by atoms with E-state index in [1.165, 1.54) is 10.9 Å². The number of rotatable bonds is 5. The summed E-state index contributed by atoms with van der Waals surface area (Å²) in [6, 6.07) is 21.4. The van der Waals surface area contributed by atoms with Crippen molar-refractivity contribution in [3.63, 3.8) is 0 Å². The number of nitrogens with zero attached hydrogens (tertiary/aromatic N) is 1. The van der Waals surface area contributed by atoms with E-state index in [4.69, 9.17) is 0 Å². The van der Waals surface area contributed by atoms with E-state index in [0.29, 0.717) is 6.04 Å². The van der Waals surface area contributed by atoms with Crippen LogP contribution in [0.5, 0.6) is 0 Å². The molecule has 1 heterocycles. The summed E-state index contributed by atoms with van der Waals surface area (Å²) in [4.78, 5) is 4.37. The fraction of sp³-hybridized carbons (Fsp3) is 0.211. The van der Waals surface area contributed by atoms with Crippen LogP contribution in [0.15, 0.2) is 66.9 Å². The van der Waals surface area contributed by atoms with E-state index < -0.39 is 0 Å². The molecule has 3 rings (SSSR count). The fourth-order valence-electron chi connectivity index (χ4n) is 2.66. The van der Waals surface area contributed by atoms with Crippen LogP contribution in [0.2, 0.25) is 0 Å². The highest BCUT2D eigenvalue weighted by Gasteiger charge is 2.10. The molecule has 2 heteroatoms. The van der Waals surface area contributed by atoms with Gasteiger partial charge in [0, 0.05) is 17.3 Å². The standard InChI is InChI=1S/C19H20N2/c1-2-7-19(15-8-4-3-5-9-15)21-17-11-12-18-16(14-17)10-6-13-20-18/h3-6,8-14,19,21H,2,7H2,1H3. The Morgan fingerprint density at radius 1 is 1.00 bits per heavy atom. The molecule has 0 radical (unpaired) electrons. The predicted molar refractivity (Wildman–Crippen MR) is 89.5 cm³/mol. The van der Waals surface area contributed by atoms with Gasteiger partial charge in [0.1, 0.15) is 0 Å². The van der Waals surface area contributed by atoms with Crippen LogP contribution < -0.4 is 5.32 Å². The van der Waals surface area contributed by atoms with Gasteiger partial charge in [-0.25, -0.2) is 0 Å². The summed E-state index contributed by atoms with van der Waals surface area (Å²) in [7, 11) is 0. The van der Waals surface area contributed by atoms with Gasteiger partial charge in [-0.05, 0) is 36.2 Å². The van der Waals surface area contributed by atoms with Crippen molar-refractivity contribution in [3.05, 3.63) is 72.4 Å². The van der Waals surface area contributed by atoms with Crippen molar-refractivity contribution in [2.75, 3.05) is 5.32 Å². The molecule has 21 heavy (non-hydrogen) atoms. The van der Waals surface area contributed by atoms with Crippen LogP contribution in [-0.2, 0) is 0 Å². The van der Waals surface area contributed by atoms with Crippen molar-refractivity contribution in [2.45, 2.75) is 25.8 Å². The Labute approximate surface area is 125 Å². The Hall–Kier alpha value is -2.35. The molecule has 3 aromatic rings. The van der Waals surface area contributed by atoms with Crippen LogP contribution in [0.25, 0.3) is 10.9 Å². The van der Waals surface area contributed by atoms with Gasteiger partial charge in [-0.3, -0.25) is 4.98 Å². The first-order valence-corrected chi connectivity index (χ1v) is 7.53. The number of anilines is 1. The van der Waals surface area contributed by atoms with Gasteiger partial charge in [0.2, 0.25) is 0 Å². The van der Waals surface area contributed by atoms with Crippen LogP contribution in [0.4, 0.5) is 5.69 Å². The van der Waals surface area contributed by atoms with Crippen molar-refractivity contribution in [3.8, 4) is 0 Å². The molecule has 0 bridgehead atoms. The minimum Gasteiger partial charge on any atom is -0.378 e. The van der Waals surface area contributed by atoms with E-state index in [2.05, 4.69) is 71.8 Å². The van der Waals surface area contributed by atoms with Gasteiger partial charge in [0.05, 0.1) is 11.6 Å². The van der Waals surface area contributed by atoms with Crippen LogP contribution in [0.1, 0.15) is 31.4 Å². The molecule has 2 aromatic carbocycles. The lowest BCUT2D eigenvalue weighted by atomic mass is 10.0. The summed E-state index contributed by atoms with van der Waals surface area (Å²) >= 11 is 0. The number of aromatic nitrogens is 1. The van der Waals surface area contributed by atoms with Gasteiger partial charge < -0.3 is 5.32 Å². The van der Waals surface area contributed by atoms with Crippen LogP contribution >= 0.6 is 0 Å². The van der Waals surface area contributed by atoms with Gasteiger partial charge in [-0.15, -0.1) is 0 Å². The number of hydrogen-bond acceptors (Lipinski definition) is 2. The zero-order valence-electron chi connectivity index (χ0n) is 12.3. The number of hydrogen-bond donors (Lipinski definition) is 1. The topological polar surface area (TPSA) is 24.9 Å². The number of pyridine rings is 1. The van der Waals surface area contributed by atoms with E-state index in [1.807, 2.05) is 12.3 Å². The molecule has 0 saturated carbocycles. The Balaban J connectivity index is 1.87. The number of benzene rings is 2. The first-order chi connectivity index (χ1) is 10.4. The molecule has 1 aromatic heterocycles. The third-order valence-corrected chi connectivity index (χ3v) is 3.72. The zero-order chi connectivity index (χ0) is 14.5. The molecule has 1 atom stereocenters. The van der Waals surface area contributed by atoms with Crippen LogP contribution in [0.3, 0.4) is 0 Å². The minimum absolute atomic E-state index is 0.352. The molecule has 0 fully saturated rings. The Bertz CT molecular complexity index is 707. The van der Waals surface area contributed by atoms with E-state index >= 15 is 0 Å². The van der Waals surface area contributed by atoms with Crippen molar-refractivity contribution < 1.29 is 0 Å². The van der Waals surface area contributed by atoms with Gasteiger partial charge in [0.25, 0.3) is 0 Å². The summed E-state index contributed by atoms with van der Waals surface area (Å²) in [6.07, 6.45) is 4.11. The SMILES string of the molecule is CCCC(Nc1ccc2ncccc2c1)c1ccccc1. The Kier molecular flexibility index (Phi) is 4.15. The monoisotopic (exact) mass is 276 g/mol. The van der Waals surface area contributed by atoms with Crippen molar-refractivity contribution in [1.82, 2.24) is 4.98 Å². The maximum Gasteiger partial charge on any atom is 0.0703 e. The normalized spacial score (nSPS) is 12.2. The third kappa shape index (κ3) is 3.22. The largest absolute Gasteiger partial charge is 0.378 e. The molecule has 0 aliphatic rings. The highest BCUT2D eigenvalue weighted by atomic mass is 14.9. The van der Waals surface area contributed by atoms with E-state index in [1.54, 1.807) is 0 Å². The van der Waals surface area contributed by atoms with Crippen LogP contribution in [-0.4, -0.2) is 4.98 Å². The quantitative estimate of drug-likeness (QED) is 0.693.